The van der Waals surface area contributed by atoms with Crippen molar-refractivity contribution in [3.63, 3.8) is 0 Å². The van der Waals surface area contributed by atoms with Gasteiger partial charge in [-0.1, -0.05) is 42.5 Å². The van der Waals surface area contributed by atoms with E-state index < -0.39 is 11.5 Å². The molecule has 1 aromatic heterocycles. The van der Waals surface area contributed by atoms with E-state index >= 15 is 0 Å². The molecule has 0 radical (unpaired) electrons. The molecule has 30 heavy (non-hydrogen) atoms. The number of aromatic hydroxyl groups is 1. The highest BCUT2D eigenvalue weighted by Crippen LogP contribution is 2.36. The predicted octanol–water partition coefficient (Wildman–Crippen LogP) is 3.82. The molecule has 1 fully saturated rings. The maximum absolute atomic E-state index is 12.9. The molecule has 3 N–H and O–H groups in total. The standard InChI is InChI=1S/C24H27N3O3/c25-26-18(12-15-27-13-6-7-14-27)16-20(17-8-2-1-3-9-17)22-23(28)19-10-4-5-11-21(19)30-24(22)29/h1-5,8-11,20,28H,6-7,12-16,25H2/b26-18-/t20-/m0/s1. The van der Waals surface area contributed by atoms with E-state index in [1.807, 2.05) is 36.4 Å². The lowest BCUT2D eigenvalue weighted by Gasteiger charge is -2.21. The fourth-order valence-corrected chi connectivity index (χ4v) is 4.28. The van der Waals surface area contributed by atoms with Crippen LogP contribution in [0.15, 0.2) is 68.9 Å². The second-order valence-electron chi connectivity index (χ2n) is 7.81. The lowest BCUT2D eigenvalue weighted by atomic mass is 9.86. The number of benzene rings is 2. The van der Waals surface area contributed by atoms with Crippen LogP contribution in [-0.4, -0.2) is 35.4 Å². The molecular weight excluding hydrogens is 378 g/mol. The third-order valence-electron chi connectivity index (χ3n) is 5.91. The molecule has 0 aliphatic carbocycles. The van der Waals surface area contributed by atoms with Crippen LogP contribution < -0.4 is 11.5 Å². The molecule has 4 rings (SSSR count). The highest BCUT2D eigenvalue weighted by molar-refractivity contribution is 5.87. The van der Waals surface area contributed by atoms with E-state index in [4.69, 9.17) is 10.3 Å². The average molecular weight is 405 g/mol. The van der Waals surface area contributed by atoms with Gasteiger partial charge in [0, 0.05) is 24.6 Å². The van der Waals surface area contributed by atoms with Crippen molar-refractivity contribution in [1.82, 2.24) is 4.90 Å². The normalized spacial score (nSPS) is 16.2. The van der Waals surface area contributed by atoms with Crippen molar-refractivity contribution in [2.24, 2.45) is 10.9 Å². The van der Waals surface area contributed by atoms with Gasteiger partial charge < -0.3 is 20.3 Å². The summed E-state index contributed by atoms with van der Waals surface area (Å²) < 4.78 is 5.54. The molecule has 0 bridgehead atoms. The second-order valence-corrected chi connectivity index (χ2v) is 7.81. The third kappa shape index (κ3) is 4.24. The molecule has 3 aromatic rings. The molecule has 0 saturated carbocycles. The van der Waals surface area contributed by atoms with Crippen LogP contribution >= 0.6 is 0 Å². The maximum Gasteiger partial charge on any atom is 0.343 e. The van der Waals surface area contributed by atoms with Crippen molar-refractivity contribution >= 4 is 16.7 Å². The Morgan fingerprint density at radius 3 is 2.53 bits per heavy atom. The van der Waals surface area contributed by atoms with Crippen molar-refractivity contribution in [2.75, 3.05) is 19.6 Å². The number of likely N-dealkylation sites (tertiary alicyclic amines) is 1. The molecular formula is C24H27N3O3. The monoisotopic (exact) mass is 405 g/mol. The molecule has 2 heterocycles. The summed E-state index contributed by atoms with van der Waals surface area (Å²) in [5.74, 6) is 5.30. The van der Waals surface area contributed by atoms with E-state index in [2.05, 4.69) is 10.0 Å². The Bertz CT molecular complexity index is 1090. The number of para-hydroxylation sites is 1. The summed E-state index contributed by atoms with van der Waals surface area (Å²) in [4.78, 5) is 15.3. The number of hydrazone groups is 1. The number of nitrogens with two attached hydrogens (primary N) is 1. The van der Waals surface area contributed by atoms with Gasteiger partial charge in [0.25, 0.3) is 0 Å². The minimum absolute atomic E-state index is 0.0355. The molecule has 1 saturated heterocycles. The van der Waals surface area contributed by atoms with Crippen LogP contribution in [0, 0.1) is 0 Å². The van der Waals surface area contributed by atoms with Gasteiger partial charge in [-0.05, 0) is 50.0 Å². The minimum atomic E-state index is -0.532. The van der Waals surface area contributed by atoms with Crippen LogP contribution in [0.25, 0.3) is 11.0 Å². The molecule has 2 aromatic carbocycles. The summed E-state index contributed by atoms with van der Waals surface area (Å²) >= 11 is 0. The first-order valence-corrected chi connectivity index (χ1v) is 10.4. The van der Waals surface area contributed by atoms with Crippen LogP contribution in [-0.2, 0) is 0 Å². The van der Waals surface area contributed by atoms with Crippen LogP contribution in [0.1, 0.15) is 42.7 Å². The van der Waals surface area contributed by atoms with E-state index in [1.54, 1.807) is 18.2 Å². The quantitative estimate of drug-likeness (QED) is 0.270. The van der Waals surface area contributed by atoms with Gasteiger partial charge in [0.05, 0.1) is 10.9 Å². The topological polar surface area (TPSA) is 92.1 Å². The Morgan fingerprint density at radius 2 is 1.80 bits per heavy atom. The SMILES string of the molecule is N/N=C(/CCN1CCCC1)C[C@@H](c1ccccc1)c1c(O)c2ccccc2oc1=O. The smallest absolute Gasteiger partial charge is 0.343 e. The van der Waals surface area contributed by atoms with E-state index in [0.29, 0.717) is 17.4 Å². The Kier molecular flexibility index (Phi) is 6.14. The zero-order valence-corrected chi connectivity index (χ0v) is 17.0. The Morgan fingerprint density at radius 1 is 1.10 bits per heavy atom. The van der Waals surface area contributed by atoms with Crippen LogP contribution in [0.5, 0.6) is 5.75 Å². The number of fused-ring (bicyclic) bond motifs is 1. The third-order valence-corrected chi connectivity index (χ3v) is 5.91. The summed E-state index contributed by atoms with van der Waals surface area (Å²) in [5, 5.41) is 15.6. The molecule has 0 spiro atoms. The van der Waals surface area contributed by atoms with Crippen LogP contribution in [0.3, 0.4) is 0 Å². The zero-order chi connectivity index (χ0) is 20.9. The first kappa shape index (κ1) is 20.2. The molecule has 0 amide bonds. The lowest BCUT2D eigenvalue weighted by Crippen LogP contribution is -2.24. The van der Waals surface area contributed by atoms with Crippen molar-refractivity contribution in [3.8, 4) is 5.75 Å². The molecule has 1 aliphatic heterocycles. The maximum atomic E-state index is 12.9. The van der Waals surface area contributed by atoms with Crippen molar-refractivity contribution in [3.05, 3.63) is 76.1 Å². The fraction of sp³-hybridized carbons (Fsp3) is 0.333. The molecule has 6 heteroatoms. The number of rotatable bonds is 7. The second kappa shape index (κ2) is 9.13. The Balaban J connectivity index is 1.70. The summed E-state index contributed by atoms with van der Waals surface area (Å²) in [6, 6.07) is 16.7. The van der Waals surface area contributed by atoms with E-state index in [9.17, 15) is 9.90 Å². The molecule has 1 aliphatic rings. The number of hydrogen-bond donors (Lipinski definition) is 2. The molecule has 1 atom stereocenters. The fourth-order valence-electron chi connectivity index (χ4n) is 4.28. The summed E-state index contributed by atoms with van der Waals surface area (Å²) in [6.07, 6.45) is 3.64. The van der Waals surface area contributed by atoms with Crippen molar-refractivity contribution < 1.29 is 9.52 Å². The minimum Gasteiger partial charge on any atom is -0.507 e. The molecule has 156 valence electrons. The number of hydrogen-bond acceptors (Lipinski definition) is 6. The summed E-state index contributed by atoms with van der Waals surface area (Å²) in [7, 11) is 0. The van der Waals surface area contributed by atoms with Crippen LogP contribution in [0.4, 0.5) is 0 Å². The molecule has 6 nitrogen and oxygen atoms in total. The lowest BCUT2D eigenvalue weighted by molar-refractivity contribution is 0.349. The van der Waals surface area contributed by atoms with Gasteiger partial charge in [-0.25, -0.2) is 4.79 Å². The average Bonchev–Trinajstić information content (AvgIpc) is 3.29. The van der Waals surface area contributed by atoms with Gasteiger partial charge >= 0.3 is 5.63 Å². The highest BCUT2D eigenvalue weighted by Gasteiger charge is 2.26. The summed E-state index contributed by atoms with van der Waals surface area (Å²) in [6.45, 7) is 3.11. The first-order valence-electron chi connectivity index (χ1n) is 10.4. The predicted molar refractivity (Wildman–Crippen MR) is 119 cm³/mol. The van der Waals surface area contributed by atoms with Gasteiger partial charge in [-0.15, -0.1) is 0 Å². The van der Waals surface area contributed by atoms with Gasteiger partial charge in [-0.2, -0.15) is 5.10 Å². The zero-order valence-electron chi connectivity index (χ0n) is 17.0. The van der Waals surface area contributed by atoms with E-state index in [1.165, 1.54) is 12.8 Å². The van der Waals surface area contributed by atoms with Crippen molar-refractivity contribution in [1.29, 1.82) is 0 Å². The van der Waals surface area contributed by atoms with E-state index in [0.717, 1.165) is 37.3 Å². The van der Waals surface area contributed by atoms with E-state index in [-0.39, 0.29) is 11.3 Å². The molecule has 0 unspecified atom stereocenters. The van der Waals surface area contributed by atoms with Crippen LogP contribution in [0.2, 0.25) is 0 Å². The van der Waals surface area contributed by atoms with Gasteiger partial charge in [0.15, 0.2) is 0 Å². The van der Waals surface area contributed by atoms with Gasteiger partial charge in [0.2, 0.25) is 0 Å². The van der Waals surface area contributed by atoms with Crippen molar-refractivity contribution in [2.45, 2.75) is 31.6 Å². The van der Waals surface area contributed by atoms with Gasteiger partial charge in [-0.3, -0.25) is 0 Å². The first-order chi connectivity index (χ1) is 14.7. The Labute approximate surface area is 175 Å². The van der Waals surface area contributed by atoms with Gasteiger partial charge in [0.1, 0.15) is 11.3 Å². The largest absolute Gasteiger partial charge is 0.507 e. The number of nitrogens with zero attached hydrogens (tertiary/aromatic N) is 2. The Hall–Kier alpha value is -3.12. The highest BCUT2D eigenvalue weighted by atomic mass is 16.4. The summed E-state index contributed by atoms with van der Waals surface area (Å²) in [5.41, 5.74) is 1.83.